The lowest BCUT2D eigenvalue weighted by Crippen LogP contribution is -1.97. The molecular weight excluding hydrogens is 222 g/mol. The highest BCUT2D eigenvalue weighted by molar-refractivity contribution is 6.27. The average Bonchev–Trinajstić information content (AvgIpc) is 2.88. The molecule has 1 heterocycles. The Morgan fingerprint density at radius 2 is 1.78 bits per heavy atom. The number of carbonyl (C=O) groups excluding carboxylic acids is 1. The lowest BCUT2D eigenvalue weighted by atomic mass is 10.0. The molecule has 0 spiro atoms. The summed E-state index contributed by atoms with van der Waals surface area (Å²) in [5.41, 5.74) is 5.76. The SMILES string of the molecule is Cc1cccc2c1C(=O)c1c-2[nH]c2ccccc12. The van der Waals surface area contributed by atoms with Gasteiger partial charge in [0.25, 0.3) is 0 Å². The molecule has 18 heavy (non-hydrogen) atoms. The summed E-state index contributed by atoms with van der Waals surface area (Å²) in [4.78, 5) is 15.9. The number of fused-ring (bicyclic) bond motifs is 5. The lowest BCUT2D eigenvalue weighted by molar-refractivity contribution is 0.104. The summed E-state index contributed by atoms with van der Waals surface area (Å²) in [6, 6.07) is 14.0. The van der Waals surface area contributed by atoms with Gasteiger partial charge in [0.15, 0.2) is 5.78 Å². The molecule has 2 heteroatoms. The van der Waals surface area contributed by atoms with E-state index in [1.165, 1.54) is 0 Å². The third kappa shape index (κ3) is 1.00. The molecule has 0 fully saturated rings. The van der Waals surface area contributed by atoms with Crippen LogP contribution in [0.5, 0.6) is 0 Å². The Kier molecular flexibility index (Phi) is 1.67. The third-order valence-corrected chi connectivity index (χ3v) is 3.70. The standard InChI is InChI=1S/C16H11NO/c1-9-5-4-7-11-13(9)16(18)14-10-6-2-3-8-12(10)17-15(11)14/h2-8,17H,1H3. The normalized spacial score (nSPS) is 12.8. The molecular formula is C16H11NO. The fourth-order valence-electron chi connectivity index (χ4n) is 2.88. The van der Waals surface area contributed by atoms with Crippen LogP contribution in [-0.4, -0.2) is 10.8 Å². The Morgan fingerprint density at radius 3 is 2.67 bits per heavy atom. The van der Waals surface area contributed by atoms with Crippen molar-refractivity contribution in [2.24, 2.45) is 0 Å². The van der Waals surface area contributed by atoms with Crippen molar-refractivity contribution in [3.05, 3.63) is 59.2 Å². The van der Waals surface area contributed by atoms with Crippen LogP contribution in [0.4, 0.5) is 0 Å². The second-order valence-electron chi connectivity index (χ2n) is 4.75. The number of benzene rings is 2. The number of ketones is 1. The van der Waals surface area contributed by atoms with E-state index in [4.69, 9.17) is 0 Å². The molecule has 0 saturated heterocycles. The minimum atomic E-state index is 0.149. The van der Waals surface area contributed by atoms with Crippen molar-refractivity contribution in [2.75, 3.05) is 0 Å². The Bertz CT molecular complexity index is 811. The lowest BCUT2D eigenvalue weighted by Gasteiger charge is -2.02. The van der Waals surface area contributed by atoms with Gasteiger partial charge in [-0.2, -0.15) is 0 Å². The number of aryl methyl sites for hydroxylation is 1. The van der Waals surface area contributed by atoms with Crippen molar-refractivity contribution < 1.29 is 4.79 Å². The first-order valence-electron chi connectivity index (χ1n) is 6.03. The number of rotatable bonds is 0. The first-order valence-corrected chi connectivity index (χ1v) is 6.03. The number of hydrogen-bond acceptors (Lipinski definition) is 1. The molecule has 4 rings (SSSR count). The van der Waals surface area contributed by atoms with Crippen LogP contribution in [0.1, 0.15) is 21.5 Å². The smallest absolute Gasteiger partial charge is 0.196 e. The third-order valence-electron chi connectivity index (χ3n) is 3.70. The second kappa shape index (κ2) is 3.10. The van der Waals surface area contributed by atoms with Crippen LogP contribution < -0.4 is 0 Å². The predicted octanol–water partition coefficient (Wildman–Crippen LogP) is 3.69. The summed E-state index contributed by atoms with van der Waals surface area (Å²) in [7, 11) is 0. The number of nitrogens with one attached hydrogen (secondary N) is 1. The maximum atomic E-state index is 12.6. The number of carbonyl (C=O) groups is 1. The first-order chi connectivity index (χ1) is 8.77. The molecule has 3 aromatic rings. The fraction of sp³-hybridized carbons (Fsp3) is 0.0625. The van der Waals surface area contributed by atoms with E-state index < -0.39 is 0 Å². The van der Waals surface area contributed by atoms with Gasteiger partial charge in [-0.15, -0.1) is 0 Å². The van der Waals surface area contributed by atoms with Crippen molar-refractivity contribution in [1.82, 2.24) is 4.98 Å². The maximum Gasteiger partial charge on any atom is 0.196 e. The van der Waals surface area contributed by atoms with Crippen LogP contribution in [0.25, 0.3) is 22.2 Å². The van der Waals surface area contributed by atoms with E-state index in [2.05, 4.69) is 4.98 Å². The molecule has 1 N–H and O–H groups in total. The highest BCUT2D eigenvalue weighted by atomic mass is 16.1. The molecule has 0 bridgehead atoms. The van der Waals surface area contributed by atoms with Crippen molar-refractivity contribution >= 4 is 16.7 Å². The summed E-state index contributed by atoms with van der Waals surface area (Å²) in [6.45, 7) is 1.99. The Balaban J connectivity index is 2.18. The molecule has 2 aromatic carbocycles. The average molecular weight is 233 g/mol. The second-order valence-corrected chi connectivity index (χ2v) is 4.75. The summed E-state index contributed by atoms with van der Waals surface area (Å²) in [5.74, 6) is 0.149. The molecule has 0 atom stereocenters. The minimum absolute atomic E-state index is 0.149. The first kappa shape index (κ1) is 9.66. The number of hydrogen-bond donors (Lipinski definition) is 1. The van der Waals surface area contributed by atoms with Crippen LogP contribution in [-0.2, 0) is 0 Å². The van der Waals surface area contributed by atoms with Gasteiger partial charge < -0.3 is 4.98 Å². The Labute approximate surface area is 104 Å². The zero-order chi connectivity index (χ0) is 12.3. The van der Waals surface area contributed by atoms with Gasteiger partial charge in [-0.05, 0) is 18.6 Å². The quantitative estimate of drug-likeness (QED) is 0.493. The molecule has 2 nitrogen and oxygen atoms in total. The van der Waals surface area contributed by atoms with Gasteiger partial charge in [0.05, 0.1) is 11.3 Å². The van der Waals surface area contributed by atoms with E-state index in [1.54, 1.807) is 0 Å². The van der Waals surface area contributed by atoms with Crippen LogP contribution in [0.15, 0.2) is 42.5 Å². The number of aromatic nitrogens is 1. The van der Waals surface area contributed by atoms with Gasteiger partial charge in [0.1, 0.15) is 0 Å². The van der Waals surface area contributed by atoms with E-state index in [0.29, 0.717) is 0 Å². The predicted molar refractivity (Wildman–Crippen MR) is 71.9 cm³/mol. The Morgan fingerprint density at radius 1 is 0.944 bits per heavy atom. The largest absolute Gasteiger partial charge is 0.354 e. The topological polar surface area (TPSA) is 32.9 Å². The van der Waals surface area contributed by atoms with E-state index in [9.17, 15) is 4.79 Å². The van der Waals surface area contributed by atoms with Gasteiger partial charge >= 0.3 is 0 Å². The van der Waals surface area contributed by atoms with Crippen LogP contribution >= 0.6 is 0 Å². The van der Waals surface area contributed by atoms with Gasteiger partial charge in [0, 0.05) is 22.0 Å². The molecule has 86 valence electrons. The molecule has 1 aliphatic rings. The minimum Gasteiger partial charge on any atom is -0.354 e. The monoisotopic (exact) mass is 233 g/mol. The van der Waals surface area contributed by atoms with Crippen LogP contribution in [0, 0.1) is 6.92 Å². The molecule has 1 aliphatic carbocycles. The van der Waals surface area contributed by atoms with E-state index >= 15 is 0 Å². The molecule has 0 unspecified atom stereocenters. The fourth-order valence-corrected chi connectivity index (χ4v) is 2.88. The van der Waals surface area contributed by atoms with Crippen LogP contribution in [0.2, 0.25) is 0 Å². The van der Waals surface area contributed by atoms with E-state index in [-0.39, 0.29) is 5.78 Å². The number of aromatic amines is 1. The molecule has 0 amide bonds. The molecule has 0 saturated carbocycles. The molecule has 0 radical (unpaired) electrons. The van der Waals surface area contributed by atoms with E-state index in [1.807, 2.05) is 49.4 Å². The van der Waals surface area contributed by atoms with Crippen molar-refractivity contribution in [2.45, 2.75) is 6.92 Å². The maximum absolute atomic E-state index is 12.6. The zero-order valence-corrected chi connectivity index (χ0v) is 9.95. The summed E-state index contributed by atoms with van der Waals surface area (Å²) >= 11 is 0. The highest BCUT2D eigenvalue weighted by Gasteiger charge is 2.31. The highest BCUT2D eigenvalue weighted by Crippen LogP contribution is 2.41. The van der Waals surface area contributed by atoms with Crippen molar-refractivity contribution in [3.8, 4) is 11.3 Å². The van der Waals surface area contributed by atoms with E-state index in [0.717, 1.165) is 38.9 Å². The van der Waals surface area contributed by atoms with Gasteiger partial charge in [-0.25, -0.2) is 0 Å². The van der Waals surface area contributed by atoms with Crippen LogP contribution in [0.3, 0.4) is 0 Å². The van der Waals surface area contributed by atoms with Gasteiger partial charge in [-0.1, -0.05) is 36.4 Å². The summed E-state index contributed by atoms with van der Waals surface area (Å²) in [5, 5.41) is 1.02. The van der Waals surface area contributed by atoms with Gasteiger partial charge in [0.2, 0.25) is 0 Å². The molecule has 1 aromatic heterocycles. The number of H-pyrrole nitrogens is 1. The van der Waals surface area contributed by atoms with Gasteiger partial charge in [-0.3, -0.25) is 4.79 Å². The summed E-state index contributed by atoms with van der Waals surface area (Å²) in [6.07, 6.45) is 0. The summed E-state index contributed by atoms with van der Waals surface area (Å²) < 4.78 is 0. The zero-order valence-electron chi connectivity index (χ0n) is 9.95. The Hall–Kier alpha value is -2.35. The molecule has 0 aliphatic heterocycles. The number of para-hydroxylation sites is 1. The van der Waals surface area contributed by atoms with Crippen molar-refractivity contribution in [3.63, 3.8) is 0 Å². The van der Waals surface area contributed by atoms with Crippen molar-refractivity contribution in [1.29, 1.82) is 0 Å².